The summed E-state index contributed by atoms with van der Waals surface area (Å²) >= 11 is 5.86. The van der Waals surface area contributed by atoms with Gasteiger partial charge in [0.1, 0.15) is 5.75 Å². The van der Waals surface area contributed by atoms with Gasteiger partial charge in [-0.05, 0) is 49.9 Å². The normalized spacial score (nSPS) is 16.8. The van der Waals surface area contributed by atoms with Crippen LogP contribution >= 0.6 is 11.6 Å². The maximum atomic E-state index is 13.3. The van der Waals surface area contributed by atoms with Gasteiger partial charge in [-0.25, -0.2) is 0 Å². The number of carbonyl (C=O) groups is 3. The molecule has 0 saturated heterocycles. The largest absolute Gasteiger partial charge is 0.494 e. The number of ether oxygens (including phenoxy) is 2. The van der Waals surface area contributed by atoms with Gasteiger partial charge in [0.15, 0.2) is 0 Å². The first-order valence-corrected chi connectivity index (χ1v) is 11.3. The lowest BCUT2D eigenvalue weighted by Crippen LogP contribution is -2.47. The number of halogens is 1. The molecule has 0 spiro atoms. The van der Waals surface area contributed by atoms with Gasteiger partial charge < -0.3 is 25.0 Å². The Morgan fingerprint density at radius 1 is 1.09 bits per heavy atom. The minimum absolute atomic E-state index is 0.221. The van der Waals surface area contributed by atoms with E-state index in [4.69, 9.17) is 21.1 Å². The maximum Gasteiger partial charge on any atom is 0.306 e. The summed E-state index contributed by atoms with van der Waals surface area (Å²) in [5.74, 6) is -2.32. The van der Waals surface area contributed by atoms with Crippen LogP contribution in [-0.2, 0) is 19.1 Å². The SMILES string of the molecule is COCC[C@@H](CC1(C(=O)N[C@@H](CCOc2ccc(Cl)cc2)CC(=O)O)CCCC1)C(=O)O. The number of nitrogens with one attached hydrogen (secondary N) is 1. The number of carbonyl (C=O) groups excluding carboxylic acids is 1. The molecule has 8 nitrogen and oxygen atoms in total. The van der Waals surface area contributed by atoms with Crippen molar-refractivity contribution in [2.45, 2.75) is 57.4 Å². The number of carboxylic acid groups (broad SMARTS) is 2. The van der Waals surface area contributed by atoms with Crippen molar-refractivity contribution in [1.29, 1.82) is 0 Å². The van der Waals surface area contributed by atoms with Crippen molar-refractivity contribution in [3.63, 3.8) is 0 Å². The molecule has 9 heteroatoms. The molecule has 2 atom stereocenters. The third-order valence-corrected chi connectivity index (χ3v) is 6.26. The Bertz CT molecular complexity index is 762. The Labute approximate surface area is 193 Å². The monoisotopic (exact) mass is 469 g/mol. The van der Waals surface area contributed by atoms with Gasteiger partial charge in [-0.2, -0.15) is 0 Å². The summed E-state index contributed by atoms with van der Waals surface area (Å²) in [4.78, 5) is 36.4. The molecule has 1 aromatic rings. The molecule has 0 aromatic heterocycles. The van der Waals surface area contributed by atoms with Crippen molar-refractivity contribution >= 4 is 29.4 Å². The summed E-state index contributed by atoms with van der Waals surface area (Å²) in [6.07, 6.45) is 3.49. The van der Waals surface area contributed by atoms with Crippen LogP contribution in [0.2, 0.25) is 5.02 Å². The van der Waals surface area contributed by atoms with Gasteiger partial charge >= 0.3 is 11.9 Å². The van der Waals surface area contributed by atoms with Crippen LogP contribution in [0, 0.1) is 11.3 Å². The van der Waals surface area contributed by atoms with Crippen molar-refractivity contribution in [3.05, 3.63) is 29.3 Å². The fourth-order valence-electron chi connectivity index (χ4n) is 4.24. The number of benzene rings is 1. The fourth-order valence-corrected chi connectivity index (χ4v) is 4.37. The molecule has 1 aliphatic carbocycles. The maximum absolute atomic E-state index is 13.3. The number of hydrogen-bond donors (Lipinski definition) is 3. The first-order chi connectivity index (χ1) is 15.3. The number of rotatable bonds is 14. The quantitative estimate of drug-likeness (QED) is 0.379. The molecule has 0 bridgehead atoms. The topological polar surface area (TPSA) is 122 Å². The third kappa shape index (κ3) is 7.98. The molecular formula is C23H32ClNO7. The van der Waals surface area contributed by atoms with Crippen LogP contribution in [0.3, 0.4) is 0 Å². The summed E-state index contributed by atoms with van der Waals surface area (Å²) in [7, 11) is 1.51. The zero-order valence-electron chi connectivity index (χ0n) is 18.3. The predicted molar refractivity (Wildman–Crippen MR) is 119 cm³/mol. The molecule has 1 fully saturated rings. The molecule has 1 aliphatic rings. The predicted octanol–water partition coefficient (Wildman–Crippen LogP) is 3.76. The van der Waals surface area contributed by atoms with Gasteiger partial charge in [-0.3, -0.25) is 14.4 Å². The summed E-state index contributed by atoms with van der Waals surface area (Å²) in [6.45, 7) is 0.525. The summed E-state index contributed by atoms with van der Waals surface area (Å²) in [6, 6.07) is 6.20. The molecule has 1 aromatic carbocycles. The Hall–Kier alpha value is -2.32. The minimum atomic E-state index is -1.02. The molecule has 1 saturated carbocycles. The van der Waals surface area contributed by atoms with Gasteiger partial charge in [0.05, 0.1) is 24.4 Å². The second-order valence-electron chi connectivity index (χ2n) is 8.37. The van der Waals surface area contributed by atoms with Crippen LogP contribution in [0.4, 0.5) is 0 Å². The van der Waals surface area contributed by atoms with E-state index in [2.05, 4.69) is 5.32 Å². The Morgan fingerprint density at radius 2 is 1.75 bits per heavy atom. The molecule has 1 amide bonds. The smallest absolute Gasteiger partial charge is 0.306 e. The van der Waals surface area contributed by atoms with Crippen LogP contribution in [0.1, 0.15) is 51.4 Å². The van der Waals surface area contributed by atoms with Crippen LogP contribution in [-0.4, -0.2) is 54.4 Å². The number of methoxy groups -OCH3 is 1. The molecule has 0 heterocycles. The molecule has 0 radical (unpaired) electrons. The van der Waals surface area contributed by atoms with Gasteiger partial charge in [-0.1, -0.05) is 24.4 Å². The molecule has 2 rings (SSSR count). The fraction of sp³-hybridized carbons (Fsp3) is 0.609. The molecule has 0 aliphatic heterocycles. The lowest BCUT2D eigenvalue weighted by atomic mass is 9.75. The third-order valence-electron chi connectivity index (χ3n) is 6.00. The van der Waals surface area contributed by atoms with Crippen molar-refractivity contribution in [3.8, 4) is 5.75 Å². The van der Waals surface area contributed by atoms with Crippen molar-refractivity contribution in [2.24, 2.45) is 11.3 Å². The lowest BCUT2D eigenvalue weighted by Gasteiger charge is -2.32. The summed E-state index contributed by atoms with van der Waals surface area (Å²) in [5.41, 5.74) is -0.801. The number of aliphatic carboxylic acids is 2. The van der Waals surface area contributed by atoms with E-state index in [1.165, 1.54) is 7.11 Å². The average Bonchev–Trinajstić information content (AvgIpc) is 3.22. The van der Waals surface area contributed by atoms with E-state index in [1.54, 1.807) is 24.3 Å². The van der Waals surface area contributed by atoms with Gasteiger partial charge in [0, 0.05) is 31.2 Å². The van der Waals surface area contributed by atoms with Gasteiger partial charge in [-0.15, -0.1) is 0 Å². The van der Waals surface area contributed by atoms with E-state index in [1.807, 2.05) is 0 Å². The lowest BCUT2D eigenvalue weighted by molar-refractivity contribution is -0.145. The molecule has 3 N–H and O–H groups in total. The highest BCUT2D eigenvalue weighted by Gasteiger charge is 2.44. The van der Waals surface area contributed by atoms with Crippen LogP contribution < -0.4 is 10.1 Å². The van der Waals surface area contributed by atoms with Crippen LogP contribution in [0.5, 0.6) is 5.75 Å². The first-order valence-electron chi connectivity index (χ1n) is 10.9. The van der Waals surface area contributed by atoms with E-state index in [-0.39, 0.29) is 25.4 Å². The highest BCUT2D eigenvalue weighted by atomic mass is 35.5. The Kier molecular flexibility index (Phi) is 10.3. The zero-order valence-corrected chi connectivity index (χ0v) is 19.1. The van der Waals surface area contributed by atoms with Gasteiger partial charge in [0.25, 0.3) is 0 Å². The summed E-state index contributed by atoms with van der Waals surface area (Å²) in [5, 5.41) is 22.4. The first kappa shape index (κ1) is 25.9. The molecule has 32 heavy (non-hydrogen) atoms. The number of hydrogen-bond acceptors (Lipinski definition) is 5. The standard InChI is InChI=1S/C23H32ClNO7/c1-31-12-8-16(21(28)29)15-23(10-2-3-11-23)22(30)25-18(14-20(26)27)9-13-32-19-6-4-17(24)5-7-19/h4-7,16,18H,2-3,8-15H2,1H3,(H,25,30)(H,26,27)(H,28,29)/t16-,18-/m0/s1. The van der Waals surface area contributed by atoms with Crippen LogP contribution in [0.25, 0.3) is 0 Å². The van der Waals surface area contributed by atoms with E-state index >= 15 is 0 Å². The molecule has 0 unspecified atom stereocenters. The second kappa shape index (κ2) is 12.6. The Balaban J connectivity index is 2.03. The molecule has 178 valence electrons. The van der Waals surface area contributed by atoms with E-state index in [9.17, 15) is 24.6 Å². The van der Waals surface area contributed by atoms with Crippen molar-refractivity contribution < 1.29 is 34.1 Å². The number of carboxylic acids is 2. The van der Waals surface area contributed by atoms with E-state index in [0.29, 0.717) is 43.1 Å². The van der Waals surface area contributed by atoms with Crippen molar-refractivity contribution in [2.75, 3.05) is 20.3 Å². The summed E-state index contributed by atoms with van der Waals surface area (Å²) < 4.78 is 10.7. The van der Waals surface area contributed by atoms with Crippen molar-refractivity contribution in [1.82, 2.24) is 5.32 Å². The highest BCUT2D eigenvalue weighted by molar-refractivity contribution is 6.30. The van der Waals surface area contributed by atoms with E-state index in [0.717, 1.165) is 12.8 Å². The Morgan fingerprint density at radius 3 is 2.31 bits per heavy atom. The van der Waals surface area contributed by atoms with E-state index < -0.39 is 29.3 Å². The highest BCUT2D eigenvalue weighted by Crippen LogP contribution is 2.44. The minimum Gasteiger partial charge on any atom is -0.494 e. The second-order valence-corrected chi connectivity index (χ2v) is 8.80. The zero-order chi connectivity index (χ0) is 23.6. The number of amides is 1. The molecular weight excluding hydrogens is 438 g/mol. The van der Waals surface area contributed by atoms with Gasteiger partial charge in [0.2, 0.25) is 5.91 Å². The van der Waals surface area contributed by atoms with Crippen LogP contribution in [0.15, 0.2) is 24.3 Å². The average molecular weight is 470 g/mol.